The molecule has 1 aromatic carbocycles. The molecule has 1 aliphatic rings. The van der Waals surface area contributed by atoms with Crippen molar-refractivity contribution in [3.8, 4) is 10.4 Å². The van der Waals surface area contributed by atoms with Crippen molar-refractivity contribution >= 4 is 40.5 Å². The van der Waals surface area contributed by atoms with E-state index in [9.17, 15) is 14.7 Å². The fourth-order valence-corrected chi connectivity index (χ4v) is 3.93. The van der Waals surface area contributed by atoms with Gasteiger partial charge in [-0.2, -0.15) is 0 Å². The number of amides is 1. The molecule has 0 unspecified atom stereocenters. The van der Waals surface area contributed by atoms with Crippen LogP contribution in [0.2, 0.25) is 5.02 Å². The first-order valence-electron chi connectivity index (χ1n) is 8.30. The third kappa shape index (κ3) is 4.42. The van der Waals surface area contributed by atoms with Crippen molar-refractivity contribution in [1.29, 1.82) is 0 Å². The summed E-state index contributed by atoms with van der Waals surface area (Å²) in [5, 5.41) is 14.6. The highest BCUT2D eigenvalue weighted by Gasteiger charge is 2.21. The second kappa shape index (κ2) is 8.34. The molecule has 1 amide bonds. The molecule has 4 nitrogen and oxygen atoms in total. The van der Waals surface area contributed by atoms with Crippen LogP contribution in [-0.4, -0.2) is 17.0 Å². The number of carboxylic acids is 1. The number of carbonyl (C=O) groups excluding carboxylic acids is 1. The van der Waals surface area contributed by atoms with Gasteiger partial charge in [0.25, 0.3) is 0 Å². The first-order valence-corrected chi connectivity index (χ1v) is 9.56. The van der Waals surface area contributed by atoms with Crippen LogP contribution in [0.3, 0.4) is 0 Å². The van der Waals surface area contributed by atoms with Crippen molar-refractivity contribution in [2.45, 2.75) is 25.7 Å². The van der Waals surface area contributed by atoms with Gasteiger partial charge in [0.05, 0.1) is 10.6 Å². The van der Waals surface area contributed by atoms with E-state index in [2.05, 4.69) is 17.5 Å². The number of anilines is 1. The van der Waals surface area contributed by atoms with Gasteiger partial charge in [-0.05, 0) is 37.0 Å². The van der Waals surface area contributed by atoms with Gasteiger partial charge in [0.2, 0.25) is 5.91 Å². The Morgan fingerprint density at radius 3 is 2.62 bits per heavy atom. The van der Waals surface area contributed by atoms with Crippen LogP contribution in [0.15, 0.2) is 53.4 Å². The smallest absolute Gasteiger partial charge is 0.339 e. The summed E-state index contributed by atoms with van der Waals surface area (Å²) in [6, 6.07) is 6.97. The summed E-state index contributed by atoms with van der Waals surface area (Å²) in [6.07, 6.45) is 9.31. The molecule has 3 rings (SSSR count). The number of carbonyl (C=O) groups is 2. The van der Waals surface area contributed by atoms with Gasteiger partial charge in [0.1, 0.15) is 5.56 Å². The van der Waals surface area contributed by atoms with E-state index in [0.717, 1.165) is 24.0 Å². The number of hydrogen-bond donors (Lipinski definition) is 2. The third-order valence-electron chi connectivity index (χ3n) is 4.10. The second-order valence-electron chi connectivity index (χ2n) is 5.97. The molecule has 1 aromatic heterocycles. The highest BCUT2D eigenvalue weighted by atomic mass is 35.5. The number of hydrogen-bond acceptors (Lipinski definition) is 3. The Bertz CT molecular complexity index is 881. The van der Waals surface area contributed by atoms with Crippen LogP contribution in [0.5, 0.6) is 0 Å². The lowest BCUT2D eigenvalue weighted by molar-refractivity contribution is -0.116. The van der Waals surface area contributed by atoms with Crippen LogP contribution in [-0.2, 0) is 4.79 Å². The van der Waals surface area contributed by atoms with Crippen LogP contribution in [0.1, 0.15) is 36.0 Å². The van der Waals surface area contributed by atoms with Crippen LogP contribution in [0, 0.1) is 0 Å². The van der Waals surface area contributed by atoms with Crippen molar-refractivity contribution in [1.82, 2.24) is 0 Å². The van der Waals surface area contributed by atoms with Crippen LogP contribution in [0.4, 0.5) is 5.69 Å². The number of allylic oxidation sites excluding steroid dienone is 4. The van der Waals surface area contributed by atoms with Gasteiger partial charge in [0, 0.05) is 16.8 Å². The summed E-state index contributed by atoms with van der Waals surface area (Å²) in [6.45, 7) is 0. The molecule has 0 bridgehead atoms. The predicted molar refractivity (Wildman–Crippen MR) is 106 cm³/mol. The number of carboxylic acid groups (broad SMARTS) is 1. The summed E-state index contributed by atoms with van der Waals surface area (Å²) in [5.41, 5.74) is 2.36. The Morgan fingerprint density at radius 2 is 1.96 bits per heavy atom. The molecule has 0 spiro atoms. The molecular weight excluding hydrogens is 370 g/mol. The quantitative estimate of drug-likeness (QED) is 0.661. The molecule has 6 heteroatoms. The molecule has 1 heterocycles. The Hall–Kier alpha value is -2.37. The molecule has 1 aliphatic carbocycles. The van der Waals surface area contributed by atoms with Gasteiger partial charge >= 0.3 is 5.97 Å². The number of thiophene rings is 1. The monoisotopic (exact) mass is 387 g/mol. The number of aromatic carboxylic acids is 1. The standard InChI is InChI=1S/C20H18ClNO3S/c21-15-9-7-14(8-10-15)19-18(20(24)25)16(12-26-19)22-17(23)11-6-13-4-2-1-3-5-13/h2,4-5,7-10,12H,1,3,6,11H2,(H,22,23)(H,24,25). The zero-order valence-electron chi connectivity index (χ0n) is 14.0. The zero-order chi connectivity index (χ0) is 18.5. The lowest BCUT2D eigenvalue weighted by Crippen LogP contribution is -2.13. The summed E-state index contributed by atoms with van der Waals surface area (Å²) >= 11 is 7.19. The lowest BCUT2D eigenvalue weighted by atomic mass is 10.0. The summed E-state index contributed by atoms with van der Waals surface area (Å²) in [5.74, 6) is -1.25. The highest BCUT2D eigenvalue weighted by molar-refractivity contribution is 7.14. The Morgan fingerprint density at radius 1 is 1.19 bits per heavy atom. The van der Waals surface area contributed by atoms with E-state index in [1.165, 1.54) is 11.3 Å². The minimum absolute atomic E-state index is 0.113. The van der Waals surface area contributed by atoms with E-state index in [1.807, 2.05) is 6.08 Å². The van der Waals surface area contributed by atoms with E-state index < -0.39 is 5.97 Å². The minimum Gasteiger partial charge on any atom is -0.478 e. The van der Waals surface area contributed by atoms with Crippen molar-refractivity contribution in [3.63, 3.8) is 0 Å². The molecule has 134 valence electrons. The van der Waals surface area contributed by atoms with Gasteiger partial charge in [-0.3, -0.25) is 4.79 Å². The molecule has 0 saturated heterocycles. The molecule has 0 aliphatic heterocycles. The maximum absolute atomic E-state index is 12.3. The molecule has 2 aromatic rings. The fourth-order valence-electron chi connectivity index (χ4n) is 2.80. The molecule has 0 saturated carbocycles. The number of halogens is 1. The van der Waals surface area contributed by atoms with Crippen molar-refractivity contribution in [2.24, 2.45) is 0 Å². The van der Waals surface area contributed by atoms with Crippen molar-refractivity contribution in [2.75, 3.05) is 5.32 Å². The SMILES string of the molecule is O=C(CCC1=CCCC=C1)Nc1csc(-c2ccc(Cl)cc2)c1C(=O)O. The number of rotatable bonds is 6. The van der Waals surface area contributed by atoms with Gasteiger partial charge in [0.15, 0.2) is 0 Å². The molecule has 26 heavy (non-hydrogen) atoms. The average molecular weight is 388 g/mol. The van der Waals surface area contributed by atoms with Crippen LogP contribution in [0.25, 0.3) is 10.4 Å². The van der Waals surface area contributed by atoms with Crippen molar-refractivity contribution < 1.29 is 14.7 Å². The Balaban J connectivity index is 1.74. The maximum Gasteiger partial charge on any atom is 0.339 e. The third-order valence-corrected chi connectivity index (χ3v) is 5.38. The predicted octanol–water partition coefficient (Wildman–Crippen LogP) is 5.76. The first kappa shape index (κ1) is 18.4. The average Bonchev–Trinajstić information content (AvgIpc) is 3.05. The fraction of sp³-hybridized carbons (Fsp3) is 0.200. The van der Waals surface area contributed by atoms with Crippen LogP contribution < -0.4 is 5.32 Å². The number of nitrogens with one attached hydrogen (secondary N) is 1. The van der Waals surface area contributed by atoms with Gasteiger partial charge < -0.3 is 10.4 Å². The van der Waals surface area contributed by atoms with Crippen LogP contribution >= 0.6 is 22.9 Å². The molecule has 2 N–H and O–H groups in total. The van der Waals surface area contributed by atoms with E-state index in [0.29, 0.717) is 28.4 Å². The van der Waals surface area contributed by atoms with Gasteiger partial charge in [-0.1, -0.05) is 47.5 Å². The van der Waals surface area contributed by atoms with E-state index in [1.54, 1.807) is 29.6 Å². The number of benzene rings is 1. The zero-order valence-corrected chi connectivity index (χ0v) is 15.6. The highest BCUT2D eigenvalue weighted by Crippen LogP contribution is 2.36. The first-order chi connectivity index (χ1) is 12.5. The summed E-state index contributed by atoms with van der Waals surface area (Å²) in [4.78, 5) is 24.6. The normalized spacial score (nSPS) is 13.3. The van der Waals surface area contributed by atoms with E-state index in [4.69, 9.17) is 11.6 Å². The Kier molecular flexibility index (Phi) is 5.91. The second-order valence-corrected chi connectivity index (χ2v) is 7.29. The van der Waals surface area contributed by atoms with E-state index >= 15 is 0 Å². The van der Waals surface area contributed by atoms with E-state index in [-0.39, 0.29) is 11.5 Å². The van der Waals surface area contributed by atoms with Crippen molar-refractivity contribution in [3.05, 3.63) is 64.0 Å². The molecule has 0 radical (unpaired) electrons. The topological polar surface area (TPSA) is 66.4 Å². The summed E-state index contributed by atoms with van der Waals surface area (Å²) in [7, 11) is 0. The molecule has 0 atom stereocenters. The largest absolute Gasteiger partial charge is 0.478 e. The molecular formula is C20H18ClNO3S. The summed E-state index contributed by atoms with van der Waals surface area (Å²) < 4.78 is 0. The minimum atomic E-state index is -1.07. The van der Waals surface area contributed by atoms with Gasteiger partial charge in [-0.15, -0.1) is 11.3 Å². The molecule has 0 fully saturated rings. The maximum atomic E-state index is 12.3. The Labute approximate surface area is 160 Å². The van der Waals surface area contributed by atoms with Gasteiger partial charge in [-0.25, -0.2) is 4.79 Å². The lowest BCUT2D eigenvalue weighted by Gasteiger charge is -2.08.